The number of hydrogen-bond donors (Lipinski definition) is 3. The van der Waals surface area contributed by atoms with Gasteiger partial charge in [0.1, 0.15) is 23.4 Å². The Balaban J connectivity index is 1.97. The number of aryl methyl sites for hydroxylation is 1. The predicted molar refractivity (Wildman–Crippen MR) is 155 cm³/mol. The van der Waals surface area contributed by atoms with E-state index in [0.29, 0.717) is 29.8 Å². The molecule has 2 aromatic rings. The quantitative estimate of drug-likeness (QED) is 0.357. The summed E-state index contributed by atoms with van der Waals surface area (Å²) in [5.74, 6) is 0.136. The minimum absolute atomic E-state index is 0.119. The molecule has 0 spiro atoms. The third-order valence-corrected chi connectivity index (χ3v) is 7.34. The summed E-state index contributed by atoms with van der Waals surface area (Å²) in [5.41, 5.74) is 1.45. The highest BCUT2D eigenvalue weighted by molar-refractivity contribution is 7.98. The Kier molecular flexibility index (Phi) is 10.7. The maximum atomic E-state index is 14.2. The lowest BCUT2D eigenvalue weighted by atomic mass is 9.87. The molecule has 212 valence electrons. The molecule has 0 saturated heterocycles. The molecule has 2 atom stereocenters. The molecule has 1 aliphatic carbocycles. The third kappa shape index (κ3) is 8.65. The van der Waals surface area contributed by atoms with Gasteiger partial charge >= 0.3 is 6.09 Å². The van der Waals surface area contributed by atoms with Crippen molar-refractivity contribution in [2.75, 3.05) is 12.0 Å². The van der Waals surface area contributed by atoms with E-state index in [1.165, 1.54) is 0 Å². The molecule has 0 radical (unpaired) electrons. The Morgan fingerprint density at radius 3 is 2.38 bits per heavy atom. The molecule has 39 heavy (non-hydrogen) atoms. The summed E-state index contributed by atoms with van der Waals surface area (Å²) in [6.07, 6.45) is 4.17. The van der Waals surface area contributed by atoms with Gasteiger partial charge in [0.15, 0.2) is 0 Å². The Morgan fingerprint density at radius 1 is 1.13 bits per heavy atom. The first-order chi connectivity index (χ1) is 18.5. The van der Waals surface area contributed by atoms with Crippen LogP contribution < -0.4 is 10.6 Å². The number of phenols is 1. The van der Waals surface area contributed by atoms with E-state index in [9.17, 15) is 19.5 Å². The molecule has 0 heterocycles. The van der Waals surface area contributed by atoms with E-state index >= 15 is 0 Å². The number of nitrogens with zero attached hydrogens (tertiary/aromatic N) is 1. The summed E-state index contributed by atoms with van der Waals surface area (Å²) >= 11 is 1.58. The largest absolute Gasteiger partial charge is 0.508 e. The molecule has 8 nitrogen and oxygen atoms in total. The van der Waals surface area contributed by atoms with Gasteiger partial charge in [-0.1, -0.05) is 36.4 Å². The van der Waals surface area contributed by atoms with Crippen molar-refractivity contribution in [2.24, 2.45) is 0 Å². The second-order valence-corrected chi connectivity index (χ2v) is 11.9. The monoisotopic (exact) mass is 555 g/mol. The number of carbonyl (C=O) groups excluding carboxylic acids is 3. The Bertz CT molecular complexity index is 1130. The van der Waals surface area contributed by atoms with Gasteiger partial charge in [-0.2, -0.15) is 11.8 Å². The third-order valence-electron chi connectivity index (χ3n) is 6.69. The van der Waals surface area contributed by atoms with Crippen LogP contribution in [-0.4, -0.2) is 57.6 Å². The number of aromatic hydroxyl groups is 1. The summed E-state index contributed by atoms with van der Waals surface area (Å²) in [6.45, 7) is 7.38. The van der Waals surface area contributed by atoms with Crippen LogP contribution in [0.4, 0.5) is 4.79 Å². The molecule has 1 fully saturated rings. The Labute approximate surface area is 235 Å². The van der Waals surface area contributed by atoms with Crippen molar-refractivity contribution in [3.05, 3.63) is 65.2 Å². The number of thioether (sulfide) groups is 1. The van der Waals surface area contributed by atoms with Gasteiger partial charge in [0.2, 0.25) is 11.8 Å². The number of carbonyl (C=O) groups is 3. The summed E-state index contributed by atoms with van der Waals surface area (Å²) < 4.78 is 5.45. The van der Waals surface area contributed by atoms with Crippen LogP contribution >= 0.6 is 11.8 Å². The van der Waals surface area contributed by atoms with E-state index < -0.39 is 23.8 Å². The van der Waals surface area contributed by atoms with E-state index in [1.807, 2.05) is 36.6 Å². The van der Waals surface area contributed by atoms with Gasteiger partial charge in [0.25, 0.3) is 0 Å². The first-order valence-electron chi connectivity index (χ1n) is 13.4. The van der Waals surface area contributed by atoms with Gasteiger partial charge < -0.3 is 25.4 Å². The van der Waals surface area contributed by atoms with Gasteiger partial charge in [-0.05, 0) is 94.2 Å². The average molecular weight is 556 g/mol. The average Bonchev–Trinajstić information content (AvgIpc) is 2.85. The molecule has 0 aromatic heterocycles. The molecule has 9 heteroatoms. The molecule has 3 N–H and O–H groups in total. The molecule has 2 unspecified atom stereocenters. The van der Waals surface area contributed by atoms with Crippen molar-refractivity contribution in [2.45, 2.75) is 83.6 Å². The number of hydrogen-bond acceptors (Lipinski definition) is 6. The smallest absolute Gasteiger partial charge is 0.408 e. The lowest BCUT2D eigenvalue weighted by molar-refractivity contribution is -0.147. The van der Waals surface area contributed by atoms with Gasteiger partial charge in [0.05, 0.1) is 0 Å². The van der Waals surface area contributed by atoms with Crippen LogP contribution in [0.25, 0.3) is 0 Å². The van der Waals surface area contributed by atoms with Gasteiger partial charge in [-0.25, -0.2) is 4.79 Å². The van der Waals surface area contributed by atoms with E-state index in [-0.39, 0.29) is 23.6 Å². The van der Waals surface area contributed by atoms with Crippen LogP contribution in [0.2, 0.25) is 0 Å². The molecule has 0 bridgehead atoms. The van der Waals surface area contributed by atoms with Crippen molar-refractivity contribution in [3.8, 4) is 5.75 Å². The summed E-state index contributed by atoms with van der Waals surface area (Å²) in [5, 5.41) is 16.0. The number of phenolic OH excluding ortho intramolecular Hbond substituents is 1. The van der Waals surface area contributed by atoms with Gasteiger partial charge in [-0.15, -0.1) is 0 Å². The summed E-state index contributed by atoms with van der Waals surface area (Å²) in [4.78, 5) is 42.5. The highest BCUT2D eigenvalue weighted by Gasteiger charge is 2.42. The van der Waals surface area contributed by atoms with E-state index in [4.69, 9.17) is 4.74 Å². The SMILES string of the molecule is CSCCC(NC(=O)OC(C)(C)C)C(=O)N(C1CCC1)C(C(=O)NCc1ccccc1)c1ccc(O)c(C)c1. The lowest BCUT2D eigenvalue weighted by Gasteiger charge is -2.43. The maximum absolute atomic E-state index is 14.2. The van der Waals surface area contributed by atoms with Gasteiger partial charge in [0, 0.05) is 12.6 Å². The van der Waals surface area contributed by atoms with E-state index in [1.54, 1.807) is 62.6 Å². The second kappa shape index (κ2) is 13.7. The van der Waals surface area contributed by atoms with Crippen molar-refractivity contribution in [3.63, 3.8) is 0 Å². The highest BCUT2D eigenvalue weighted by atomic mass is 32.2. The number of amides is 3. The van der Waals surface area contributed by atoms with Crippen molar-refractivity contribution < 1.29 is 24.2 Å². The highest BCUT2D eigenvalue weighted by Crippen LogP contribution is 2.35. The minimum Gasteiger partial charge on any atom is -0.508 e. The van der Waals surface area contributed by atoms with Crippen LogP contribution in [0.3, 0.4) is 0 Å². The molecule has 2 aromatic carbocycles. The minimum atomic E-state index is -0.928. The molecule has 3 rings (SSSR count). The normalized spacial score (nSPS) is 15.0. The first-order valence-corrected chi connectivity index (χ1v) is 14.8. The van der Waals surface area contributed by atoms with Crippen molar-refractivity contribution in [1.82, 2.24) is 15.5 Å². The zero-order valence-electron chi connectivity index (χ0n) is 23.5. The fraction of sp³-hybridized carbons (Fsp3) is 0.500. The van der Waals surface area contributed by atoms with E-state index in [0.717, 1.165) is 24.8 Å². The number of benzene rings is 2. The maximum Gasteiger partial charge on any atom is 0.408 e. The fourth-order valence-corrected chi connectivity index (χ4v) is 4.95. The number of alkyl carbamates (subject to hydrolysis) is 1. The van der Waals surface area contributed by atoms with Crippen LogP contribution in [0.15, 0.2) is 48.5 Å². The van der Waals surface area contributed by atoms with E-state index in [2.05, 4.69) is 10.6 Å². The van der Waals surface area contributed by atoms with Gasteiger partial charge in [-0.3, -0.25) is 9.59 Å². The fourth-order valence-electron chi connectivity index (χ4n) is 4.47. The zero-order chi connectivity index (χ0) is 28.6. The molecule has 1 aliphatic rings. The molecule has 0 aliphatic heterocycles. The number of rotatable bonds is 11. The topological polar surface area (TPSA) is 108 Å². The van der Waals surface area contributed by atoms with Crippen LogP contribution in [-0.2, 0) is 20.9 Å². The Morgan fingerprint density at radius 2 is 1.82 bits per heavy atom. The first kappa shape index (κ1) is 30.3. The molecular formula is C30H41N3O5S. The van der Waals surface area contributed by atoms with Crippen LogP contribution in [0, 0.1) is 6.92 Å². The molecule has 3 amide bonds. The van der Waals surface area contributed by atoms with Crippen molar-refractivity contribution in [1.29, 1.82) is 0 Å². The standard InChI is InChI=1S/C30H41N3O5S/c1-20-18-22(14-15-25(20)34)26(27(35)31-19-21-10-7-6-8-11-21)33(23-12-9-13-23)28(36)24(16-17-39-5)32-29(37)38-30(2,3)4/h6-8,10-11,14-15,18,23-24,26,34H,9,12-13,16-17,19H2,1-5H3,(H,31,35)(H,32,37). The predicted octanol–water partition coefficient (Wildman–Crippen LogP) is 5.09. The lowest BCUT2D eigenvalue weighted by Crippen LogP contribution is -2.57. The van der Waals surface area contributed by atoms with Crippen molar-refractivity contribution >= 4 is 29.7 Å². The summed E-state index contributed by atoms with van der Waals surface area (Å²) in [6, 6.07) is 12.7. The molecule has 1 saturated carbocycles. The zero-order valence-corrected chi connectivity index (χ0v) is 24.3. The molecular weight excluding hydrogens is 514 g/mol. The number of ether oxygens (including phenoxy) is 1. The Hall–Kier alpha value is -3.20. The second-order valence-electron chi connectivity index (χ2n) is 11.0. The summed E-state index contributed by atoms with van der Waals surface area (Å²) in [7, 11) is 0. The number of nitrogens with one attached hydrogen (secondary N) is 2. The van der Waals surface area contributed by atoms with Crippen LogP contribution in [0.1, 0.15) is 69.2 Å². The van der Waals surface area contributed by atoms with Crippen LogP contribution in [0.5, 0.6) is 5.75 Å².